The van der Waals surface area contributed by atoms with Gasteiger partial charge in [0.2, 0.25) is 0 Å². The van der Waals surface area contributed by atoms with Gasteiger partial charge in [0, 0.05) is 37.4 Å². The molecule has 3 aromatic rings. The van der Waals surface area contributed by atoms with E-state index < -0.39 is 0 Å². The first-order valence-electron chi connectivity index (χ1n) is 8.28. The van der Waals surface area contributed by atoms with Crippen molar-refractivity contribution in [3.05, 3.63) is 65.7 Å². The maximum atomic E-state index is 13.1. The number of hydrogen-bond donors (Lipinski definition) is 0. The van der Waals surface area contributed by atoms with Crippen LogP contribution in [0.5, 0.6) is 0 Å². The SMILES string of the molecule is O=C(c1cn(Cc2ccc(F)cc2)c2ncccc12)N1CCOCC1. The van der Waals surface area contributed by atoms with Gasteiger partial charge in [-0.25, -0.2) is 9.37 Å². The van der Waals surface area contributed by atoms with Gasteiger partial charge < -0.3 is 14.2 Å². The number of ether oxygens (including phenoxy) is 1. The Morgan fingerprint density at radius 1 is 1.16 bits per heavy atom. The molecule has 0 bridgehead atoms. The van der Waals surface area contributed by atoms with Gasteiger partial charge >= 0.3 is 0 Å². The third kappa shape index (κ3) is 3.13. The number of morpholine rings is 1. The largest absolute Gasteiger partial charge is 0.378 e. The molecule has 1 aromatic carbocycles. The average molecular weight is 339 g/mol. The van der Waals surface area contributed by atoms with Crippen LogP contribution in [0.15, 0.2) is 48.8 Å². The van der Waals surface area contributed by atoms with Crippen LogP contribution in [0.2, 0.25) is 0 Å². The third-order valence-electron chi connectivity index (χ3n) is 4.43. The average Bonchev–Trinajstić information content (AvgIpc) is 3.02. The zero-order valence-electron chi connectivity index (χ0n) is 13.7. The minimum atomic E-state index is -0.262. The first-order chi connectivity index (χ1) is 12.2. The van der Waals surface area contributed by atoms with Crippen molar-refractivity contribution in [3.63, 3.8) is 0 Å². The highest BCUT2D eigenvalue weighted by atomic mass is 19.1. The van der Waals surface area contributed by atoms with Crippen LogP contribution in [0.25, 0.3) is 11.0 Å². The van der Waals surface area contributed by atoms with Gasteiger partial charge in [-0.15, -0.1) is 0 Å². The van der Waals surface area contributed by atoms with Crippen molar-refractivity contribution >= 4 is 16.9 Å². The van der Waals surface area contributed by atoms with Crippen molar-refractivity contribution in [1.29, 1.82) is 0 Å². The Bertz CT molecular complexity index is 899. The zero-order chi connectivity index (χ0) is 17.2. The van der Waals surface area contributed by atoms with E-state index in [1.165, 1.54) is 12.1 Å². The monoisotopic (exact) mass is 339 g/mol. The predicted octanol–water partition coefficient (Wildman–Crippen LogP) is 2.70. The molecule has 1 fully saturated rings. The molecule has 25 heavy (non-hydrogen) atoms. The molecule has 1 aliphatic heterocycles. The molecule has 6 heteroatoms. The second-order valence-corrected chi connectivity index (χ2v) is 6.08. The highest BCUT2D eigenvalue weighted by Crippen LogP contribution is 2.22. The fourth-order valence-corrected chi connectivity index (χ4v) is 3.14. The van der Waals surface area contributed by atoms with Crippen LogP contribution in [-0.4, -0.2) is 46.7 Å². The molecule has 3 heterocycles. The molecule has 128 valence electrons. The summed E-state index contributed by atoms with van der Waals surface area (Å²) in [5.74, 6) is -0.262. The molecule has 0 radical (unpaired) electrons. The van der Waals surface area contributed by atoms with Gasteiger partial charge in [0.05, 0.1) is 18.8 Å². The molecule has 1 saturated heterocycles. The molecular formula is C19H18FN3O2. The van der Waals surface area contributed by atoms with Crippen molar-refractivity contribution in [3.8, 4) is 0 Å². The summed E-state index contributed by atoms with van der Waals surface area (Å²) >= 11 is 0. The molecular weight excluding hydrogens is 321 g/mol. The Hall–Kier alpha value is -2.73. The lowest BCUT2D eigenvalue weighted by Crippen LogP contribution is -2.40. The molecule has 0 saturated carbocycles. The summed E-state index contributed by atoms with van der Waals surface area (Å²) in [7, 11) is 0. The second-order valence-electron chi connectivity index (χ2n) is 6.08. The predicted molar refractivity (Wildman–Crippen MR) is 92.0 cm³/mol. The summed E-state index contributed by atoms with van der Waals surface area (Å²) in [6.07, 6.45) is 3.56. The smallest absolute Gasteiger partial charge is 0.256 e. The summed E-state index contributed by atoms with van der Waals surface area (Å²) in [5.41, 5.74) is 2.35. The van der Waals surface area contributed by atoms with Gasteiger partial charge in [0.25, 0.3) is 5.91 Å². The van der Waals surface area contributed by atoms with Crippen LogP contribution < -0.4 is 0 Å². The molecule has 2 aromatic heterocycles. The molecule has 0 N–H and O–H groups in total. The molecule has 0 unspecified atom stereocenters. The topological polar surface area (TPSA) is 47.4 Å². The number of nitrogens with zero attached hydrogens (tertiary/aromatic N) is 3. The zero-order valence-corrected chi connectivity index (χ0v) is 13.7. The van der Waals surface area contributed by atoms with Crippen LogP contribution in [0.4, 0.5) is 4.39 Å². The number of benzene rings is 1. The summed E-state index contributed by atoms with van der Waals surface area (Å²) in [5, 5.41) is 0.834. The third-order valence-corrected chi connectivity index (χ3v) is 4.43. The Labute approximate surface area is 144 Å². The Kier molecular flexibility index (Phi) is 4.19. The number of carbonyl (C=O) groups is 1. The number of carbonyl (C=O) groups excluding carboxylic acids is 1. The number of amides is 1. The van der Waals surface area contributed by atoms with Crippen molar-refractivity contribution < 1.29 is 13.9 Å². The van der Waals surface area contributed by atoms with Gasteiger partial charge in [-0.1, -0.05) is 12.1 Å². The second kappa shape index (κ2) is 6.64. The van der Waals surface area contributed by atoms with E-state index in [2.05, 4.69) is 4.98 Å². The Morgan fingerprint density at radius 2 is 1.92 bits per heavy atom. The fraction of sp³-hybridized carbons (Fsp3) is 0.263. The fourth-order valence-electron chi connectivity index (χ4n) is 3.14. The summed E-state index contributed by atoms with van der Waals surface area (Å²) in [4.78, 5) is 19.2. The highest BCUT2D eigenvalue weighted by Gasteiger charge is 2.23. The molecule has 0 aliphatic carbocycles. The molecule has 0 spiro atoms. The lowest BCUT2D eigenvalue weighted by atomic mass is 10.2. The normalized spacial score (nSPS) is 14.8. The number of hydrogen-bond acceptors (Lipinski definition) is 3. The quantitative estimate of drug-likeness (QED) is 0.737. The Morgan fingerprint density at radius 3 is 2.68 bits per heavy atom. The lowest BCUT2D eigenvalue weighted by Gasteiger charge is -2.26. The standard InChI is InChI=1S/C19H18FN3O2/c20-15-5-3-14(4-6-15)12-23-13-17(16-2-1-7-21-18(16)23)19(24)22-8-10-25-11-9-22/h1-7,13H,8-12H2. The van der Waals surface area contributed by atoms with E-state index in [9.17, 15) is 9.18 Å². The first kappa shape index (κ1) is 15.8. The van der Waals surface area contributed by atoms with E-state index >= 15 is 0 Å². The number of halogens is 1. The van der Waals surface area contributed by atoms with E-state index in [4.69, 9.17) is 4.74 Å². The van der Waals surface area contributed by atoms with Crippen LogP contribution in [0.3, 0.4) is 0 Å². The number of fused-ring (bicyclic) bond motifs is 1. The summed E-state index contributed by atoms with van der Waals surface area (Å²) < 4.78 is 20.4. The number of pyridine rings is 1. The van der Waals surface area contributed by atoms with E-state index in [0.717, 1.165) is 16.6 Å². The molecule has 1 amide bonds. The van der Waals surface area contributed by atoms with Crippen molar-refractivity contribution in [1.82, 2.24) is 14.5 Å². The maximum Gasteiger partial charge on any atom is 0.256 e. The minimum absolute atomic E-state index is 0.000781. The van der Waals surface area contributed by atoms with Crippen LogP contribution in [0, 0.1) is 5.82 Å². The van der Waals surface area contributed by atoms with E-state index in [0.29, 0.717) is 38.4 Å². The van der Waals surface area contributed by atoms with Gasteiger partial charge in [-0.3, -0.25) is 4.79 Å². The lowest BCUT2D eigenvalue weighted by molar-refractivity contribution is 0.0304. The number of aromatic nitrogens is 2. The van der Waals surface area contributed by atoms with Gasteiger partial charge in [0.15, 0.2) is 0 Å². The van der Waals surface area contributed by atoms with E-state index in [-0.39, 0.29) is 11.7 Å². The van der Waals surface area contributed by atoms with Crippen molar-refractivity contribution in [2.24, 2.45) is 0 Å². The van der Waals surface area contributed by atoms with Crippen molar-refractivity contribution in [2.75, 3.05) is 26.3 Å². The minimum Gasteiger partial charge on any atom is -0.378 e. The van der Waals surface area contributed by atoms with Gasteiger partial charge in [-0.05, 0) is 29.8 Å². The molecule has 4 rings (SSSR count). The summed E-state index contributed by atoms with van der Waals surface area (Å²) in [6, 6.07) is 10.1. The summed E-state index contributed by atoms with van der Waals surface area (Å²) in [6.45, 7) is 2.87. The van der Waals surface area contributed by atoms with Crippen molar-refractivity contribution in [2.45, 2.75) is 6.54 Å². The van der Waals surface area contributed by atoms with E-state index in [1.54, 1.807) is 18.3 Å². The van der Waals surface area contributed by atoms with Crippen LogP contribution >= 0.6 is 0 Å². The first-order valence-corrected chi connectivity index (χ1v) is 8.28. The molecule has 1 aliphatic rings. The van der Waals surface area contributed by atoms with Gasteiger partial charge in [-0.2, -0.15) is 0 Å². The molecule has 0 atom stereocenters. The van der Waals surface area contributed by atoms with E-state index in [1.807, 2.05) is 27.8 Å². The maximum absolute atomic E-state index is 13.1. The highest BCUT2D eigenvalue weighted by molar-refractivity contribution is 6.06. The van der Waals surface area contributed by atoms with Gasteiger partial charge in [0.1, 0.15) is 11.5 Å². The number of rotatable bonds is 3. The molecule has 5 nitrogen and oxygen atoms in total. The van der Waals surface area contributed by atoms with Crippen LogP contribution in [0.1, 0.15) is 15.9 Å². The van der Waals surface area contributed by atoms with Crippen LogP contribution in [-0.2, 0) is 11.3 Å². The Balaban J connectivity index is 1.70.